The van der Waals surface area contributed by atoms with E-state index in [0.29, 0.717) is 0 Å². The highest BCUT2D eigenvalue weighted by atomic mass is 19.1. The summed E-state index contributed by atoms with van der Waals surface area (Å²) in [6.07, 6.45) is 0. The minimum Gasteiger partial charge on any atom is -0.455 e. The summed E-state index contributed by atoms with van der Waals surface area (Å²) < 4.78 is 18.2. The monoisotopic (exact) mass is 298 g/mol. The van der Waals surface area contributed by atoms with Gasteiger partial charge in [0.1, 0.15) is 5.82 Å². The van der Waals surface area contributed by atoms with E-state index in [1.807, 2.05) is 0 Å². The fraction of sp³-hybridized carbons (Fsp3) is 0.385. The normalized spacial score (nSPS) is 10.9. The zero-order valence-corrected chi connectivity index (χ0v) is 11.8. The first-order chi connectivity index (χ1) is 9.61. The molecule has 1 aromatic carbocycles. The summed E-state index contributed by atoms with van der Waals surface area (Å²) in [6, 6.07) is 2.73. The fourth-order valence-electron chi connectivity index (χ4n) is 1.26. The second-order valence-corrected chi connectivity index (χ2v) is 5.30. The van der Waals surface area contributed by atoms with E-state index < -0.39 is 34.6 Å². The lowest BCUT2D eigenvalue weighted by atomic mass is 9.97. The third-order valence-corrected chi connectivity index (χ3v) is 2.38. The largest absolute Gasteiger partial charge is 0.455 e. The molecular formula is C13H15FN2O5. The van der Waals surface area contributed by atoms with Gasteiger partial charge in [0.25, 0.3) is 11.6 Å². The van der Waals surface area contributed by atoms with E-state index >= 15 is 0 Å². The maximum Gasteiger partial charge on any atom is 0.311 e. The number of halogens is 1. The van der Waals surface area contributed by atoms with Gasteiger partial charge < -0.3 is 10.1 Å². The highest BCUT2D eigenvalue weighted by Gasteiger charge is 2.24. The molecule has 1 N–H and O–H groups in total. The van der Waals surface area contributed by atoms with Crippen LogP contribution in [0, 0.1) is 21.3 Å². The number of nitro benzene ring substituents is 1. The van der Waals surface area contributed by atoms with Gasteiger partial charge in [-0.2, -0.15) is 0 Å². The van der Waals surface area contributed by atoms with Gasteiger partial charge in [-0.1, -0.05) is 0 Å². The van der Waals surface area contributed by atoms with Crippen LogP contribution >= 0.6 is 0 Å². The second-order valence-electron chi connectivity index (χ2n) is 5.30. The summed E-state index contributed by atoms with van der Waals surface area (Å²) in [6.45, 7) is 4.26. The van der Waals surface area contributed by atoms with Crippen molar-refractivity contribution < 1.29 is 23.6 Å². The summed E-state index contributed by atoms with van der Waals surface area (Å²) in [5.41, 5.74) is -1.48. The molecule has 0 fully saturated rings. The van der Waals surface area contributed by atoms with Gasteiger partial charge in [-0.15, -0.1) is 0 Å². The van der Waals surface area contributed by atoms with Gasteiger partial charge >= 0.3 is 5.97 Å². The molecule has 0 aliphatic carbocycles. The quantitative estimate of drug-likeness (QED) is 0.522. The molecule has 21 heavy (non-hydrogen) atoms. The molecule has 0 aliphatic rings. The number of non-ortho nitro benzene ring substituents is 1. The van der Waals surface area contributed by atoms with E-state index in [-0.39, 0.29) is 11.4 Å². The molecule has 0 heterocycles. The van der Waals surface area contributed by atoms with Crippen LogP contribution in [0.1, 0.15) is 20.8 Å². The minimum absolute atomic E-state index is 0.346. The first-order valence-electron chi connectivity index (χ1n) is 6.02. The van der Waals surface area contributed by atoms with E-state index in [0.717, 1.165) is 18.2 Å². The molecular weight excluding hydrogens is 283 g/mol. The molecule has 0 aliphatic heterocycles. The van der Waals surface area contributed by atoms with Crippen molar-refractivity contribution in [1.29, 1.82) is 0 Å². The zero-order valence-electron chi connectivity index (χ0n) is 11.8. The van der Waals surface area contributed by atoms with Crippen LogP contribution in [0.4, 0.5) is 15.8 Å². The van der Waals surface area contributed by atoms with Crippen LogP contribution in [-0.4, -0.2) is 23.4 Å². The molecule has 0 radical (unpaired) electrons. The lowest BCUT2D eigenvalue weighted by molar-refractivity contribution is -0.384. The van der Waals surface area contributed by atoms with Gasteiger partial charge in [-0.25, -0.2) is 4.39 Å². The van der Waals surface area contributed by atoms with Crippen molar-refractivity contribution >= 4 is 23.3 Å². The van der Waals surface area contributed by atoms with E-state index in [1.54, 1.807) is 20.8 Å². The summed E-state index contributed by atoms with van der Waals surface area (Å²) in [5, 5.41) is 12.7. The first kappa shape index (κ1) is 16.5. The Labute approximate surface area is 120 Å². The van der Waals surface area contributed by atoms with E-state index in [9.17, 15) is 24.1 Å². The van der Waals surface area contributed by atoms with Gasteiger partial charge in [0.05, 0.1) is 16.0 Å². The molecule has 8 heteroatoms. The molecule has 1 amide bonds. The van der Waals surface area contributed by atoms with E-state index in [4.69, 9.17) is 4.74 Å². The van der Waals surface area contributed by atoms with E-state index in [2.05, 4.69) is 5.32 Å². The SMILES string of the molecule is CC(C)(C)C(=O)OCC(=O)Nc1cc([N+](=O)[O-])ccc1F. The molecule has 0 saturated heterocycles. The smallest absolute Gasteiger partial charge is 0.311 e. The van der Waals surface area contributed by atoms with Gasteiger partial charge in [0.2, 0.25) is 0 Å². The molecule has 1 aromatic rings. The third kappa shape index (κ3) is 4.83. The number of hydrogen-bond donors (Lipinski definition) is 1. The number of ether oxygens (including phenoxy) is 1. The molecule has 0 saturated carbocycles. The number of rotatable bonds is 4. The van der Waals surface area contributed by atoms with Gasteiger partial charge in [-0.05, 0) is 26.8 Å². The Morgan fingerprint density at radius 1 is 1.38 bits per heavy atom. The first-order valence-corrected chi connectivity index (χ1v) is 6.02. The molecule has 114 valence electrons. The van der Waals surface area contributed by atoms with Crippen molar-refractivity contribution in [1.82, 2.24) is 0 Å². The Bertz CT molecular complexity index is 580. The predicted octanol–water partition coefficient (Wildman–Crippen LogP) is 2.26. The maximum absolute atomic E-state index is 13.4. The van der Waals surface area contributed by atoms with Crippen LogP contribution in [0.15, 0.2) is 18.2 Å². The lowest BCUT2D eigenvalue weighted by Gasteiger charge is -2.16. The number of amides is 1. The highest BCUT2D eigenvalue weighted by Crippen LogP contribution is 2.21. The van der Waals surface area contributed by atoms with Crippen LogP contribution < -0.4 is 5.32 Å². The van der Waals surface area contributed by atoms with Gasteiger partial charge in [0.15, 0.2) is 6.61 Å². The molecule has 1 rings (SSSR count). The van der Waals surface area contributed by atoms with Crippen molar-refractivity contribution in [3.8, 4) is 0 Å². The minimum atomic E-state index is -0.823. The third-order valence-electron chi connectivity index (χ3n) is 2.38. The van der Waals surface area contributed by atoms with Crippen molar-refractivity contribution in [2.45, 2.75) is 20.8 Å². The summed E-state index contributed by atoms with van der Waals surface area (Å²) in [4.78, 5) is 32.9. The molecule has 0 bridgehead atoms. The highest BCUT2D eigenvalue weighted by molar-refractivity contribution is 5.93. The van der Waals surface area contributed by atoms with Crippen LogP contribution in [0.25, 0.3) is 0 Å². The van der Waals surface area contributed by atoms with Crippen molar-refractivity contribution in [2.75, 3.05) is 11.9 Å². The Kier molecular flexibility index (Phi) is 4.96. The molecule has 7 nitrogen and oxygen atoms in total. The average Bonchev–Trinajstić information content (AvgIpc) is 2.37. The number of esters is 1. The van der Waals surface area contributed by atoms with Gasteiger partial charge in [-0.3, -0.25) is 19.7 Å². The Morgan fingerprint density at radius 2 is 2.00 bits per heavy atom. The van der Waals surface area contributed by atoms with Crippen LogP contribution in [0.5, 0.6) is 0 Å². The molecule has 0 spiro atoms. The van der Waals surface area contributed by atoms with Crippen LogP contribution in [0.2, 0.25) is 0 Å². The second kappa shape index (κ2) is 6.29. The molecule has 0 atom stereocenters. The zero-order chi connectivity index (χ0) is 16.2. The Balaban J connectivity index is 2.69. The number of nitrogens with one attached hydrogen (secondary N) is 1. The number of nitrogens with zero attached hydrogens (tertiary/aromatic N) is 1. The number of hydrogen-bond acceptors (Lipinski definition) is 5. The number of nitro groups is 1. The summed E-state index contributed by atoms with van der Waals surface area (Å²) >= 11 is 0. The standard InChI is InChI=1S/C13H15FN2O5/c1-13(2,3)12(18)21-7-11(17)15-10-6-8(16(19)20)4-5-9(10)14/h4-6H,7H2,1-3H3,(H,15,17). The number of benzene rings is 1. The van der Waals surface area contributed by atoms with Crippen molar-refractivity contribution in [3.05, 3.63) is 34.1 Å². The number of carbonyl (C=O) groups is 2. The number of anilines is 1. The lowest BCUT2D eigenvalue weighted by Crippen LogP contribution is -2.28. The maximum atomic E-state index is 13.4. The van der Waals surface area contributed by atoms with Crippen molar-refractivity contribution in [3.63, 3.8) is 0 Å². The van der Waals surface area contributed by atoms with Crippen LogP contribution in [0.3, 0.4) is 0 Å². The van der Waals surface area contributed by atoms with Gasteiger partial charge in [0, 0.05) is 12.1 Å². The molecule has 0 aromatic heterocycles. The molecule has 0 unspecified atom stereocenters. The fourth-order valence-corrected chi connectivity index (χ4v) is 1.26. The topological polar surface area (TPSA) is 98.5 Å². The van der Waals surface area contributed by atoms with Crippen LogP contribution in [-0.2, 0) is 14.3 Å². The predicted molar refractivity (Wildman–Crippen MR) is 72.1 cm³/mol. The number of carbonyl (C=O) groups excluding carboxylic acids is 2. The van der Waals surface area contributed by atoms with Crippen molar-refractivity contribution in [2.24, 2.45) is 5.41 Å². The average molecular weight is 298 g/mol. The summed E-state index contributed by atoms with van der Waals surface area (Å²) in [7, 11) is 0. The Morgan fingerprint density at radius 3 is 2.52 bits per heavy atom. The Hall–Kier alpha value is -2.51. The summed E-state index contributed by atoms with van der Waals surface area (Å²) in [5.74, 6) is -2.19. The van der Waals surface area contributed by atoms with E-state index in [1.165, 1.54) is 0 Å².